The molecule has 1 N–H and O–H groups in total. The van der Waals surface area contributed by atoms with Gasteiger partial charge in [-0.05, 0) is 18.2 Å². The van der Waals surface area contributed by atoms with Crippen LogP contribution in [0.25, 0.3) is 0 Å². The zero-order valence-electron chi connectivity index (χ0n) is 13.4. The standard InChI is InChI=1S/C17H15N3O5/c1-23-14-3-2-4-15-16(14)13(9-24-15)19-17-18-12-6-5-11(20(21)22)7-10(12)8-25-17/h2-7,13H,8-9H2,1H3,(H,18,19). The molecule has 4 rings (SSSR count). The van der Waals surface area contributed by atoms with Gasteiger partial charge in [0.15, 0.2) is 0 Å². The van der Waals surface area contributed by atoms with Gasteiger partial charge in [0.2, 0.25) is 0 Å². The van der Waals surface area contributed by atoms with Gasteiger partial charge in [0.25, 0.3) is 11.7 Å². The summed E-state index contributed by atoms with van der Waals surface area (Å²) in [6.07, 6.45) is 0. The molecule has 2 aromatic carbocycles. The first-order chi connectivity index (χ1) is 12.2. The van der Waals surface area contributed by atoms with Crippen molar-refractivity contribution in [2.45, 2.75) is 12.6 Å². The van der Waals surface area contributed by atoms with Crippen molar-refractivity contribution in [2.24, 2.45) is 4.99 Å². The molecule has 8 heteroatoms. The number of hydrogen-bond acceptors (Lipinski definition) is 7. The van der Waals surface area contributed by atoms with Crippen LogP contribution in [0.15, 0.2) is 41.4 Å². The summed E-state index contributed by atoms with van der Waals surface area (Å²) in [5, 5.41) is 14.1. The van der Waals surface area contributed by atoms with Gasteiger partial charge in [-0.1, -0.05) is 6.07 Å². The third-order valence-corrected chi connectivity index (χ3v) is 4.16. The molecule has 0 amide bonds. The number of nitro groups is 1. The topological polar surface area (TPSA) is 95.2 Å². The second kappa shape index (κ2) is 5.97. The number of benzene rings is 2. The molecule has 1 unspecified atom stereocenters. The van der Waals surface area contributed by atoms with Crippen LogP contribution in [0.4, 0.5) is 11.4 Å². The van der Waals surface area contributed by atoms with Crippen molar-refractivity contribution < 1.29 is 19.1 Å². The summed E-state index contributed by atoms with van der Waals surface area (Å²) >= 11 is 0. The number of ether oxygens (including phenoxy) is 3. The van der Waals surface area contributed by atoms with Gasteiger partial charge in [0.05, 0.1) is 29.3 Å². The molecule has 0 saturated heterocycles. The van der Waals surface area contributed by atoms with Crippen LogP contribution >= 0.6 is 0 Å². The summed E-state index contributed by atoms with van der Waals surface area (Å²) < 4.78 is 16.7. The molecule has 2 aliphatic rings. The first kappa shape index (κ1) is 15.3. The molecule has 128 valence electrons. The molecular formula is C17H15N3O5. The first-order valence-corrected chi connectivity index (χ1v) is 7.71. The SMILES string of the molecule is COc1cccc2c1C(NC1=Nc3ccc([N+](=O)[O-])cc3CO1)CO2. The third-order valence-electron chi connectivity index (χ3n) is 4.16. The number of nitro benzene ring substituents is 1. The summed E-state index contributed by atoms with van der Waals surface area (Å²) in [5.74, 6) is 1.50. The summed E-state index contributed by atoms with van der Waals surface area (Å²) in [6.45, 7) is 0.653. The van der Waals surface area contributed by atoms with E-state index in [1.807, 2.05) is 18.2 Å². The van der Waals surface area contributed by atoms with Crippen molar-refractivity contribution in [3.8, 4) is 11.5 Å². The summed E-state index contributed by atoms with van der Waals surface area (Å²) in [4.78, 5) is 14.8. The maximum atomic E-state index is 10.8. The average Bonchev–Trinajstić information content (AvgIpc) is 3.04. The molecule has 2 heterocycles. The fourth-order valence-corrected chi connectivity index (χ4v) is 2.96. The fourth-order valence-electron chi connectivity index (χ4n) is 2.96. The van der Waals surface area contributed by atoms with E-state index in [9.17, 15) is 10.1 Å². The molecular weight excluding hydrogens is 326 g/mol. The smallest absolute Gasteiger partial charge is 0.290 e. The Morgan fingerprint density at radius 2 is 2.20 bits per heavy atom. The number of fused-ring (bicyclic) bond motifs is 2. The largest absolute Gasteiger partial charge is 0.496 e. The van der Waals surface area contributed by atoms with Crippen LogP contribution in [0.3, 0.4) is 0 Å². The summed E-state index contributed by atoms with van der Waals surface area (Å²) in [6, 6.07) is 10.4. The Labute approximate surface area is 143 Å². The zero-order chi connectivity index (χ0) is 17.4. The van der Waals surface area contributed by atoms with E-state index in [2.05, 4.69) is 10.3 Å². The van der Waals surface area contributed by atoms with E-state index in [0.717, 1.165) is 17.1 Å². The van der Waals surface area contributed by atoms with E-state index in [-0.39, 0.29) is 18.3 Å². The molecule has 0 fully saturated rings. The number of nitrogens with zero attached hydrogens (tertiary/aromatic N) is 2. The van der Waals surface area contributed by atoms with Gasteiger partial charge in [0, 0.05) is 17.7 Å². The molecule has 0 radical (unpaired) electrons. The lowest BCUT2D eigenvalue weighted by Gasteiger charge is -2.21. The van der Waals surface area contributed by atoms with Crippen LogP contribution < -0.4 is 14.8 Å². The minimum absolute atomic E-state index is 0.0248. The molecule has 2 aromatic rings. The maximum absolute atomic E-state index is 10.8. The monoisotopic (exact) mass is 341 g/mol. The second-order valence-electron chi connectivity index (χ2n) is 5.66. The number of nitrogens with one attached hydrogen (secondary N) is 1. The molecule has 0 saturated carbocycles. The van der Waals surface area contributed by atoms with Crippen LogP contribution in [0.1, 0.15) is 17.2 Å². The van der Waals surface area contributed by atoms with E-state index < -0.39 is 4.92 Å². The average molecular weight is 341 g/mol. The van der Waals surface area contributed by atoms with Crippen molar-refractivity contribution in [1.29, 1.82) is 0 Å². The number of non-ortho nitro benzene ring substituents is 1. The molecule has 25 heavy (non-hydrogen) atoms. The molecule has 0 aromatic heterocycles. The Balaban J connectivity index is 1.59. The third kappa shape index (κ3) is 2.71. The lowest BCUT2D eigenvalue weighted by atomic mass is 10.1. The normalized spacial score (nSPS) is 17.5. The Kier molecular flexibility index (Phi) is 3.64. The van der Waals surface area contributed by atoms with Crippen LogP contribution in [0.2, 0.25) is 0 Å². The maximum Gasteiger partial charge on any atom is 0.290 e. The van der Waals surface area contributed by atoms with E-state index >= 15 is 0 Å². The van der Waals surface area contributed by atoms with Crippen molar-refractivity contribution in [2.75, 3.05) is 13.7 Å². The number of methoxy groups -OCH3 is 1. The van der Waals surface area contributed by atoms with Crippen LogP contribution in [0.5, 0.6) is 11.5 Å². The van der Waals surface area contributed by atoms with Crippen molar-refractivity contribution in [3.05, 3.63) is 57.6 Å². The molecule has 1 atom stereocenters. The highest BCUT2D eigenvalue weighted by molar-refractivity contribution is 5.80. The second-order valence-corrected chi connectivity index (χ2v) is 5.66. The van der Waals surface area contributed by atoms with Gasteiger partial charge >= 0.3 is 0 Å². The van der Waals surface area contributed by atoms with Gasteiger partial charge in [-0.3, -0.25) is 10.1 Å². The van der Waals surface area contributed by atoms with Gasteiger partial charge in [0.1, 0.15) is 24.7 Å². The van der Waals surface area contributed by atoms with Gasteiger partial charge in [-0.25, -0.2) is 0 Å². The number of aliphatic imine (C=N–C) groups is 1. The van der Waals surface area contributed by atoms with Gasteiger partial charge in [-0.2, -0.15) is 4.99 Å². The summed E-state index contributed by atoms with van der Waals surface area (Å²) in [5.41, 5.74) is 2.28. The predicted octanol–water partition coefficient (Wildman–Crippen LogP) is 2.84. The van der Waals surface area contributed by atoms with E-state index in [1.165, 1.54) is 12.1 Å². The minimum Gasteiger partial charge on any atom is -0.496 e. The number of hydrogen-bond donors (Lipinski definition) is 1. The Morgan fingerprint density at radius 3 is 3.00 bits per heavy atom. The van der Waals surface area contributed by atoms with Crippen molar-refractivity contribution in [1.82, 2.24) is 5.32 Å². The molecule has 8 nitrogen and oxygen atoms in total. The Morgan fingerprint density at radius 1 is 1.32 bits per heavy atom. The van der Waals surface area contributed by atoms with Crippen LogP contribution in [-0.4, -0.2) is 24.7 Å². The summed E-state index contributed by atoms with van der Waals surface area (Å²) in [7, 11) is 1.61. The van der Waals surface area contributed by atoms with E-state index in [4.69, 9.17) is 14.2 Å². The van der Waals surface area contributed by atoms with Crippen LogP contribution in [0, 0.1) is 10.1 Å². The van der Waals surface area contributed by atoms with Gasteiger partial charge in [-0.15, -0.1) is 0 Å². The number of rotatable bonds is 3. The quantitative estimate of drug-likeness (QED) is 0.681. The first-order valence-electron chi connectivity index (χ1n) is 7.71. The fraction of sp³-hybridized carbons (Fsp3) is 0.235. The van der Waals surface area contributed by atoms with E-state index in [0.29, 0.717) is 23.9 Å². The zero-order valence-corrected chi connectivity index (χ0v) is 13.4. The molecule has 2 aliphatic heterocycles. The Bertz CT molecular complexity index is 881. The van der Waals surface area contributed by atoms with Gasteiger partial charge < -0.3 is 19.5 Å². The molecule has 0 bridgehead atoms. The highest BCUT2D eigenvalue weighted by atomic mass is 16.6. The van der Waals surface area contributed by atoms with Crippen molar-refractivity contribution >= 4 is 17.4 Å². The lowest BCUT2D eigenvalue weighted by Crippen LogP contribution is -2.32. The molecule has 0 aliphatic carbocycles. The minimum atomic E-state index is -0.434. The Hall–Kier alpha value is -3.29. The van der Waals surface area contributed by atoms with E-state index in [1.54, 1.807) is 13.2 Å². The highest BCUT2D eigenvalue weighted by Gasteiger charge is 2.30. The lowest BCUT2D eigenvalue weighted by molar-refractivity contribution is -0.384. The highest BCUT2D eigenvalue weighted by Crippen LogP contribution is 2.39. The van der Waals surface area contributed by atoms with Crippen molar-refractivity contribution in [3.63, 3.8) is 0 Å². The van der Waals surface area contributed by atoms with Crippen LogP contribution in [-0.2, 0) is 11.3 Å². The molecule has 0 spiro atoms. The predicted molar refractivity (Wildman–Crippen MR) is 89.3 cm³/mol. The number of amidine groups is 1.